The van der Waals surface area contributed by atoms with Gasteiger partial charge in [0.1, 0.15) is 5.82 Å². The topological polar surface area (TPSA) is 56.5 Å². The lowest BCUT2D eigenvalue weighted by Gasteiger charge is -2.16. The standard InChI is InChI=1S/C56H39N5/c1-2-53-57-51-26-13-14-27-52(51)61(53)46-34-44(50-36-42-20-9-10-23-47(42)48-24-11-12-25-49(48)50)33-45(35-46)56-59-54(40-30-28-39(29-31-40)37-16-5-3-6-17-37)58-55(60-56)43-22-15-21-41(32-43)38-18-7-4-8-19-38/h3-36H,2H2,1H3. The zero-order valence-corrected chi connectivity index (χ0v) is 33.6. The molecule has 0 spiro atoms. The molecular weight excluding hydrogens is 743 g/mol. The van der Waals surface area contributed by atoms with Crippen LogP contribution in [0.1, 0.15) is 12.7 Å². The molecule has 0 radical (unpaired) electrons. The lowest BCUT2D eigenvalue weighted by atomic mass is 9.92. The van der Waals surface area contributed by atoms with E-state index in [0.717, 1.165) is 79.0 Å². The Balaban J connectivity index is 1.16. The molecule has 0 atom stereocenters. The van der Waals surface area contributed by atoms with Gasteiger partial charge in [-0.15, -0.1) is 0 Å². The van der Waals surface area contributed by atoms with Gasteiger partial charge in [0.2, 0.25) is 0 Å². The highest BCUT2D eigenvalue weighted by Crippen LogP contribution is 2.39. The number of benzene rings is 9. The van der Waals surface area contributed by atoms with E-state index in [4.69, 9.17) is 19.9 Å². The summed E-state index contributed by atoms with van der Waals surface area (Å²) < 4.78 is 2.29. The predicted molar refractivity (Wildman–Crippen MR) is 251 cm³/mol. The molecule has 2 aromatic heterocycles. The number of aromatic nitrogens is 5. The number of fused-ring (bicyclic) bond motifs is 4. The van der Waals surface area contributed by atoms with Crippen LogP contribution in [-0.2, 0) is 6.42 Å². The first-order valence-electron chi connectivity index (χ1n) is 20.8. The fraction of sp³-hybridized carbons (Fsp3) is 0.0357. The molecule has 0 fully saturated rings. The minimum Gasteiger partial charge on any atom is -0.296 e. The molecule has 0 aliphatic rings. The van der Waals surface area contributed by atoms with Crippen molar-refractivity contribution >= 4 is 32.6 Å². The minimum atomic E-state index is 0.591. The van der Waals surface area contributed by atoms with Crippen LogP contribution in [0.5, 0.6) is 0 Å². The van der Waals surface area contributed by atoms with Crippen molar-refractivity contribution in [2.24, 2.45) is 0 Å². The first-order valence-corrected chi connectivity index (χ1v) is 20.8. The molecular formula is C56H39N5. The quantitative estimate of drug-likeness (QED) is 0.144. The van der Waals surface area contributed by atoms with Crippen LogP contribution in [0, 0.1) is 0 Å². The summed E-state index contributed by atoms with van der Waals surface area (Å²) in [6.45, 7) is 2.16. The fourth-order valence-corrected chi connectivity index (χ4v) is 8.59. The van der Waals surface area contributed by atoms with Crippen LogP contribution in [0.3, 0.4) is 0 Å². The summed E-state index contributed by atoms with van der Waals surface area (Å²) in [4.78, 5) is 20.9. The zero-order chi connectivity index (χ0) is 40.7. The van der Waals surface area contributed by atoms with Gasteiger partial charge in [-0.25, -0.2) is 19.9 Å². The maximum atomic E-state index is 5.33. The van der Waals surface area contributed by atoms with E-state index < -0.39 is 0 Å². The molecule has 11 rings (SSSR count). The van der Waals surface area contributed by atoms with Crippen LogP contribution >= 0.6 is 0 Å². The van der Waals surface area contributed by atoms with Crippen LogP contribution in [0.4, 0.5) is 0 Å². The molecule has 0 aliphatic heterocycles. The largest absolute Gasteiger partial charge is 0.296 e. The lowest BCUT2D eigenvalue weighted by molar-refractivity contribution is 0.908. The molecule has 9 aromatic carbocycles. The van der Waals surface area contributed by atoms with Crippen LogP contribution in [0.25, 0.3) is 106 Å². The van der Waals surface area contributed by atoms with Crippen molar-refractivity contribution in [2.45, 2.75) is 13.3 Å². The van der Waals surface area contributed by atoms with E-state index in [9.17, 15) is 0 Å². The van der Waals surface area contributed by atoms with Crippen LogP contribution in [0.2, 0.25) is 0 Å². The number of hydrogen-bond donors (Lipinski definition) is 0. The van der Waals surface area contributed by atoms with Crippen LogP contribution in [-0.4, -0.2) is 24.5 Å². The van der Waals surface area contributed by atoms with Gasteiger partial charge < -0.3 is 0 Å². The van der Waals surface area contributed by atoms with E-state index >= 15 is 0 Å². The van der Waals surface area contributed by atoms with E-state index in [1.165, 1.54) is 21.5 Å². The van der Waals surface area contributed by atoms with Crippen molar-refractivity contribution in [3.63, 3.8) is 0 Å². The average molecular weight is 782 g/mol. The summed E-state index contributed by atoms with van der Waals surface area (Å²) in [5.41, 5.74) is 12.5. The van der Waals surface area contributed by atoms with Crippen molar-refractivity contribution in [1.82, 2.24) is 24.5 Å². The number of nitrogens with zero attached hydrogens (tertiary/aromatic N) is 5. The molecule has 5 nitrogen and oxygen atoms in total. The second-order valence-corrected chi connectivity index (χ2v) is 15.4. The van der Waals surface area contributed by atoms with E-state index in [1.54, 1.807) is 0 Å². The van der Waals surface area contributed by atoms with E-state index in [1.807, 2.05) is 12.1 Å². The number of imidazole rings is 1. The molecule has 0 N–H and O–H groups in total. The van der Waals surface area contributed by atoms with Gasteiger partial charge in [-0.05, 0) is 97.4 Å². The second-order valence-electron chi connectivity index (χ2n) is 15.4. The van der Waals surface area contributed by atoms with Crippen LogP contribution in [0.15, 0.2) is 206 Å². The highest BCUT2D eigenvalue weighted by Gasteiger charge is 2.19. The fourth-order valence-electron chi connectivity index (χ4n) is 8.59. The Kier molecular flexibility index (Phi) is 9.05. The third-order valence-corrected chi connectivity index (χ3v) is 11.6. The summed E-state index contributed by atoms with van der Waals surface area (Å²) in [5.74, 6) is 2.79. The Morgan fingerprint density at radius 1 is 0.361 bits per heavy atom. The SMILES string of the molecule is CCc1nc2ccccc2n1-c1cc(-c2nc(-c3ccc(-c4ccccc4)cc3)nc(-c3cccc(-c4ccccc4)c3)n2)cc(-c2cc3ccccc3c3ccccc23)c1. The molecule has 5 heteroatoms. The molecule has 61 heavy (non-hydrogen) atoms. The molecule has 0 saturated heterocycles. The molecule has 0 unspecified atom stereocenters. The lowest BCUT2D eigenvalue weighted by Crippen LogP contribution is -2.03. The summed E-state index contributed by atoms with van der Waals surface area (Å²) in [6.07, 6.45) is 0.768. The van der Waals surface area contributed by atoms with Crippen molar-refractivity contribution in [3.05, 3.63) is 212 Å². The van der Waals surface area contributed by atoms with E-state index in [0.29, 0.717) is 17.5 Å². The van der Waals surface area contributed by atoms with Gasteiger partial charge in [0.25, 0.3) is 0 Å². The van der Waals surface area contributed by atoms with E-state index in [-0.39, 0.29) is 0 Å². The third kappa shape index (κ3) is 6.72. The molecule has 0 amide bonds. The first-order chi connectivity index (χ1) is 30.2. The van der Waals surface area contributed by atoms with Crippen molar-refractivity contribution < 1.29 is 0 Å². The number of hydrogen-bond acceptors (Lipinski definition) is 4. The van der Waals surface area contributed by atoms with Gasteiger partial charge >= 0.3 is 0 Å². The third-order valence-electron chi connectivity index (χ3n) is 11.6. The Morgan fingerprint density at radius 3 is 1.64 bits per heavy atom. The second kappa shape index (κ2) is 15.3. The van der Waals surface area contributed by atoms with Gasteiger partial charge in [0, 0.05) is 28.8 Å². The van der Waals surface area contributed by atoms with Gasteiger partial charge in [-0.3, -0.25) is 4.57 Å². The molecule has 11 aromatic rings. The highest BCUT2D eigenvalue weighted by molar-refractivity contribution is 6.14. The van der Waals surface area contributed by atoms with Gasteiger partial charge in [-0.1, -0.05) is 171 Å². The smallest absolute Gasteiger partial charge is 0.164 e. The maximum Gasteiger partial charge on any atom is 0.164 e. The normalized spacial score (nSPS) is 11.4. The Hall–Kier alpha value is -8.02. The number of para-hydroxylation sites is 2. The molecule has 2 heterocycles. The molecule has 0 saturated carbocycles. The van der Waals surface area contributed by atoms with Crippen LogP contribution < -0.4 is 0 Å². The van der Waals surface area contributed by atoms with Crippen molar-refractivity contribution in [3.8, 4) is 73.2 Å². The zero-order valence-electron chi connectivity index (χ0n) is 33.6. The monoisotopic (exact) mass is 781 g/mol. The average Bonchev–Trinajstić information content (AvgIpc) is 3.73. The van der Waals surface area contributed by atoms with Gasteiger partial charge in [0.05, 0.1) is 11.0 Å². The summed E-state index contributed by atoms with van der Waals surface area (Å²) in [5, 5.41) is 4.82. The van der Waals surface area contributed by atoms with Gasteiger partial charge in [-0.2, -0.15) is 0 Å². The minimum absolute atomic E-state index is 0.591. The number of aryl methyl sites for hydroxylation is 1. The number of rotatable bonds is 8. The van der Waals surface area contributed by atoms with Crippen molar-refractivity contribution in [2.75, 3.05) is 0 Å². The molecule has 288 valence electrons. The van der Waals surface area contributed by atoms with E-state index in [2.05, 4.69) is 206 Å². The highest BCUT2D eigenvalue weighted by atomic mass is 15.1. The Morgan fingerprint density at radius 2 is 0.885 bits per heavy atom. The van der Waals surface area contributed by atoms with Gasteiger partial charge in [0.15, 0.2) is 17.5 Å². The first kappa shape index (κ1) is 36.1. The molecule has 0 aliphatic carbocycles. The summed E-state index contributed by atoms with van der Waals surface area (Å²) in [6, 6.07) is 72.6. The molecule has 0 bridgehead atoms. The van der Waals surface area contributed by atoms with Crippen molar-refractivity contribution in [1.29, 1.82) is 0 Å². The maximum absolute atomic E-state index is 5.33. The summed E-state index contributed by atoms with van der Waals surface area (Å²) in [7, 11) is 0. The summed E-state index contributed by atoms with van der Waals surface area (Å²) >= 11 is 0. The Labute approximate surface area is 354 Å². The Bertz CT molecular complexity index is 3390. The predicted octanol–water partition coefficient (Wildman–Crippen LogP) is 14.1.